The van der Waals surface area contributed by atoms with Gasteiger partial charge >= 0.3 is 0 Å². The maximum atomic E-state index is 6.78. The van der Waals surface area contributed by atoms with Crippen molar-refractivity contribution in [3.05, 3.63) is 158 Å². The molecule has 0 amide bonds. The van der Waals surface area contributed by atoms with Crippen molar-refractivity contribution >= 4 is 65.7 Å². The van der Waals surface area contributed by atoms with Crippen LogP contribution in [0, 0.1) is 0 Å². The third-order valence-corrected chi connectivity index (χ3v) is 9.85. The average Bonchev–Trinajstić information content (AvgIpc) is 3.87. The van der Waals surface area contributed by atoms with Crippen molar-refractivity contribution in [1.29, 1.82) is 0 Å². The maximum Gasteiger partial charge on any atom is 0.164 e. The molecule has 0 aliphatic heterocycles. The highest BCUT2D eigenvalue weighted by molar-refractivity contribution is 6.25. The van der Waals surface area contributed by atoms with E-state index in [9.17, 15) is 0 Å². The van der Waals surface area contributed by atoms with Crippen molar-refractivity contribution in [2.75, 3.05) is 0 Å². The van der Waals surface area contributed by atoms with E-state index in [1.807, 2.05) is 84.9 Å². The summed E-state index contributed by atoms with van der Waals surface area (Å²) in [6.45, 7) is 0. The van der Waals surface area contributed by atoms with Gasteiger partial charge < -0.3 is 13.4 Å². The van der Waals surface area contributed by atoms with Gasteiger partial charge in [0, 0.05) is 49.7 Å². The molecule has 0 aliphatic carbocycles. The molecular formula is C45H26N4O2. The van der Waals surface area contributed by atoms with Crippen LogP contribution in [-0.4, -0.2) is 19.5 Å². The van der Waals surface area contributed by atoms with E-state index in [4.69, 9.17) is 23.8 Å². The van der Waals surface area contributed by atoms with Crippen LogP contribution in [0.4, 0.5) is 0 Å². The number of fused-ring (bicyclic) bond motifs is 10. The Balaban J connectivity index is 1.23. The summed E-state index contributed by atoms with van der Waals surface area (Å²) in [6.07, 6.45) is 0. The number of furan rings is 2. The van der Waals surface area contributed by atoms with E-state index in [-0.39, 0.29) is 0 Å². The van der Waals surface area contributed by atoms with E-state index >= 15 is 0 Å². The highest BCUT2D eigenvalue weighted by atomic mass is 16.3. The fourth-order valence-electron chi connectivity index (χ4n) is 7.63. The van der Waals surface area contributed by atoms with Crippen molar-refractivity contribution in [2.45, 2.75) is 0 Å². The van der Waals surface area contributed by atoms with Gasteiger partial charge in [0.25, 0.3) is 0 Å². The second kappa shape index (κ2) is 10.7. The Hall–Kier alpha value is -7.05. The normalized spacial score (nSPS) is 11.9. The first kappa shape index (κ1) is 27.9. The summed E-state index contributed by atoms with van der Waals surface area (Å²) in [5, 5.41) is 6.30. The summed E-state index contributed by atoms with van der Waals surface area (Å²) >= 11 is 0. The average molecular weight is 655 g/mol. The van der Waals surface area contributed by atoms with E-state index in [1.54, 1.807) is 0 Å². The Morgan fingerprint density at radius 1 is 0.412 bits per heavy atom. The Labute approximate surface area is 290 Å². The predicted octanol–water partition coefficient (Wildman–Crippen LogP) is 11.8. The molecule has 0 N–H and O–H groups in total. The molecule has 0 spiro atoms. The standard InChI is InChI=1S/C45H26N4O2/c1-3-14-27(15-4-1)43-46-44(28-16-5-2-6-17-28)48-45(47-43)33-22-13-25-37-40(33)39-30-19-8-7-18-29(30)35(26-38(39)50-37)49-34-23-11-9-20-31(34)42-41(49)32-21-10-12-24-36(32)51-42/h1-26H. The first-order valence-electron chi connectivity index (χ1n) is 17.0. The third-order valence-electron chi connectivity index (χ3n) is 9.85. The third kappa shape index (κ3) is 4.14. The van der Waals surface area contributed by atoms with E-state index in [2.05, 4.69) is 77.4 Å². The van der Waals surface area contributed by atoms with Crippen molar-refractivity contribution in [3.8, 4) is 39.9 Å². The number of rotatable bonds is 4. The van der Waals surface area contributed by atoms with Gasteiger partial charge in [0.15, 0.2) is 23.1 Å². The van der Waals surface area contributed by atoms with Crippen LogP contribution < -0.4 is 0 Å². The molecular weight excluding hydrogens is 629 g/mol. The number of aromatic nitrogens is 4. The second-order valence-electron chi connectivity index (χ2n) is 12.8. The zero-order chi connectivity index (χ0) is 33.5. The summed E-state index contributed by atoms with van der Waals surface area (Å²) in [5.41, 5.74) is 9.17. The minimum absolute atomic E-state index is 0.590. The molecule has 6 heteroatoms. The fourth-order valence-corrected chi connectivity index (χ4v) is 7.63. The molecule has 0 aliphatic rings. The Bertz CT molecular complexity index is 3070. The van der Waals surface area contributed by atoms with Crippen LogP contribution in [-0.2, 0) is 0 Å². The molecule has 0 bridgehead atoms. The molecule has 0 unspecified atom stereocenters. The van der Waals surface area contributed by atoms with Crippen LogP contribution in [0.15, 0.2) is 167 Å². The molecule has 6 nitrogen and oxygen atoms in total. The zero-order valence-corrected chi connectivity index (χ0v) is 27.1. The van der Waals surface area contributed by atoms with E-state index in [0.717, 1.165) is 88.1 Å². The van der Waals surface area contributed by atoms with Gasteiger partial charge in [-0.1, -0.05) is 121 Å². The van der Waals surface area contributed by atoms with Crippen LogP contribution in [0.1, 0.15) is 0 Å². The molecule has 238 valence electrons. The summed E-state index contributed by atoms with van der Waals surface area (Å²) in [4.78, 5) is 15.1. The van der Waals surface area contributed by atoms with Crippen molar-refractivity contribution in [1.82, 2.24) is 19.5 Å². The first-order valence-corrected chi connectivity index (χ1v) is 17.0. The van der Waals surface area contributed by atoms with Gasteiger partial charge in [0.1, 0.15) is 22.3 Å². The molecule has 11 aromatic rings. The molecule has 4 aromatic heterocycles. The van der Waals surface area contributed by atoms with Gasteiger partial charge in [-0.2, -0.15) is 0 Å². The van der Waals surface area contributed by atoms with Crippen molar-refractivity contribution in [3.63, 3.8) is 0 Å². The lowest BCUT2D eigenvalue weighted by atomic mass is 9.99. The molecule has 0 atom stereocenters. The smallest absolute Gasteiger partial charge is 0.164 e. The fraction of sp³-hybridized carbons (Fsp3) is 0. The van der Waals surface area contributed by atoms with E-state index < -0.39 is 0 Å². The maximum absolute atomic E-state index is 6.78. The minimum atomic E-state index is 0.590. The van der Waals surface area contributed by atoms with Crippen LogP contribution in [0.3, 0.4) is 0 Å². The number of para-hydroxylation sites is 2. The van der Waals surface area contributed by atoms with E-state index in [1.165, 1.54) is 0 Å². The largest absolute Gasteiger partial charge is 0.456 e. The Morgan fingerprint density at radius 2 is 1.00 bits per heavy atom. The van der Waals surface area contributed by atoms with Gasteiger partial charge in [-0.05, 0) is 35.7 Å². The molecule has 7 aromatic carbocycles. The summed E-state index contributed by atoms with van der Waals surface area (Å²) in [7, 11) is 0. The quantitative estimate of drug-likeness (QED) is 0.189. The Morgan fingerprint density at radius 3 is 1.75 bits per heavy atom. The van der Waals surface area contributed by atoms with Crippen molar-refractivity contribution < 1.29 is 8.83 Å². The minimum Gasteiger partial charge on any atom is -0.456 e. The highest BCUT2D eigenvalue weighted by Gasteiger charge is 2.24. The number of hydrogen-bond donors (Lipinski definition) is 0. The molecule has 4 heterocycles. The second-order valence-corrected chi connectivity index (χ2v) is 12.8. The summed E-state index contributed by atoms with van der Waals surface area (Å²) in [6, 6.07) is 53.7. The first-order chi connectivity index (χ1) is 25.3. The lowest BCUT2D eigenvalue weighted by Gasteiger charge is -2.13. The molecule has 0 saturated heterocycles. The molecule has 11 rings (SSSR count). The van der Waals surface area contributed by atoms with Gasteiger partial charge in [-0.25, -0.2) is 15.0 Å². The summed E-state index contributed by atoms with van der Waals surface area (Å²) in [5.74, 6) is 1.83. The van der Waals surface area contributed by atoms with Crippen LogP contribution >= 0.6 is 0 Å². The van der Waals surface area contributed by atoms with E-state index in [0.29, 0.717) is 17.5 Å². The van der Waals surface area contributed by atoms with Crippen LogP contribution in [0.2, 0.25) is 0 Å². The van der Waals surface area contributed by atoms with Crippen LogP contribution in [0.25, 0.3) is 106 Å². The lowest BCUT2D eigenvalue weighted by molar-refractivity contribution is 0.669. The van der Waals surface area contributed by atoms with Gasteiger partial charge in [-0.3, -0.25) is 0 Å². The van der Waals surface area contributed by atoms with Gasteiger partial charge in [0.05, 0.1) is 11.2 Å². The molecule has 0 fully saturated rings. The molecule has 51 heavy (non-hydrogen) atoms. The van der Waals surface area contributed by atoms with Crippen LogP contribution in [0.5, 0.6) is 0 Å². The lowest BCUT2D eigenvalue weighted by Crippen LogP contribution is -2.00. The number of hydrogen-bond acceptors (Lipinski definition) is 5. The molecule has 0 saturated carbocycles. The predicted molar refractivity (Wildman–Crippen MR) is 205 cm³/mol. The molecule has 0 radical (unpaired) electrons. The van der Waals surface area contributed by atoms with Gasteiger partial charge in [-0.15, -0.1) is 0 Å². The van der Waals surface area contributed by atoms with Gasteiger partial charge in [0.2, 0.25) is 0 Å². The van der Waals surface area contributed by atoms with Crippen molar-refractivity contribution in [2.24, 2.45) is 0 Å². The SMILES string of the molecule is c1ccc(-c2nc(-c3ccccc3)nc(-c3cccc4oc5cc(-n6c7ccccc7c7oc8ccccc8c76)c6ccccc6c5c34)n2)cc1. The summed E-state index contributed by atoms with van der Waals surface area (Å²) < 4.78 is 15.6. The number of benzene rings is 7. The number of nitrogens with zero attached hydrogens (tertiary/aromatic N) is 4. The topological polar surface area (TPSA) is 69.9 Å². The zero-order valence-electron chi connectivity index (χ0n) is 27.1. The monoisotopic (exact) mass is 654 g/mol. The Kier molecular flexibility index (Phi) is 5.86. The highest BCUT2D eigenvalue weighted by Crippen LogP contribution is 2.45.